The van der Waals surface area contributed by atoms with Crippen LogP contribution >= 0.6 is 23.2 Å². The van der Waals surface area contributed by atoms with Crippen molar-refractivity contribution in [2.45, 2.75) is 6.92 Å². The van der Waals surface area contributed by atoms with Gasteiger partial charge in [0.15, 0.2) is 5.75 Å². The van der Waals surface area contributed by atoms with E-state index < -0.39 is 5.97 Å². The summed E-state index contributed by atoms with van der Waals surface area (Å²) in [6.07, 6.45) is 2.45. The third-order valence-electron chi connectivity index (χ3n) is 2.70. The Balaban J connectivity index is 2.43. The third-order valence-corrected chi connectivity index (χ3v) is 3.31. The first-order chi connectivity index (χ1) is 9.97. The first kappa shape index (κ1) is 15.4. The highest BCUT2D eigenvalue weighted by atomic mass is 35.5. The molecule has 1 N–H and O–H groups in total. The zero-order valence-corrected chi connectivity index (χ0v) is 12.7. The fraction of sp³-hybridized carbons (Fsp3) is 0.0625. The lowest BCUT2D eigenvalue weighted by Crippen LogP contribution is -1.92. The van der Waals surface area contributed by atoms with E-state index in [1.165, 1.54) is 6.08 Å². The molecule has 5 heteroatoms. The highest BCUT2D eigenvalue weighted by Crippen LogP contribution is 2.37. The van der Waals surface area contributed by atoms with Crippen LogP contribution in [0.15, 0.2) is 42.5 Å². The number of benzene rings is 2. The van der Waals surface area contributed by atoms with Gasteiger partial charge in [-0.1, -0.05) is 41.4 Å². The minimum Gasteiger partial charge on any atom is -0.478 e. The topological polar surface area (TPSA) is 46.5 Å². The molecule has 0 atom stereocenters. The van der Waals surface area contributed by atoms with E-state index in [4.69, 9.17) is 33.0 Å². The van der Waals surface area contributed by atoms with Gasteiger partial charge >= 0.3 is 5.97 Å². The van der Waals surface area contributed by atoms with Crippen LogP contribution in [-0.2, 0) is 4.79 Å². The number of hydrogen-bond donors (Lipinski definition) is 1. The molecule has 2 aromatic carbocycles. The van der Waals surface area contributed by atoms with Gasteiger partial charge in [-0.3, -0.25) is 0 Å². The summed E-state index contributed by atoms with van der Waals surface area (Å²) in [5.41, 5.74) is 1.55. The number of aliphatic carboxylic acids is 1. The van der Waals surface area contributed by atoms with Gasteiger partial charge in [0.2, 0.25) is 0 Å². The van der Waals surface area contributed by atoms with E-state index in [1.807, 2.05) is 13.0 Å². The van der Waals surface area contributed by atoms with Crippen LogP contribution in [-0.4, -0.2) is 11.1 Å². The molecule has 108 valence electrons. The van der Waals surface area contributed by atoms with E-state index >= 15 is 0 Å². The predicted molar refractivity (Wildman–Crippen MR) is 84.4 cm³/mol. The van der Waals surface area contributed by atoms with Crippen molar-refractivity contribution < 1.29 is 14.6 Å². The standard InChI is InChI=1S/C16H12Cl2O3/c1-10-5-7-12(17)14(9-10)21-16-11(6-8-15(19)20)3-2-4-13(16)18/h2-9H,1H3,(H,19,20)/b8-6+. The first-order valence-corrected chi connectivity index (χ1v) is 6.86. The molecule has 0 radical (unpaired) electrons. The van der Waals surface area contributed by atoms with E-state index in [0.29, 0.717) is 27.1 Å². The number of rotatable bonds is 4. The fourth-order valence-electron chi connectivity index (χ4n) is 1.72. The van der Waals surface area contributed by atoms with Crippen molar-refractivity contribution in [3.8, 4) is 11.5 Å². The smallest absolute Gasteiger partial charge is 0.328 e. The van der Waals surface area contributed by atoms with E-state index in [2.05, 4.69) is 0 Å². The molecule has 0 aliphatic heterocycles. The Morgan fingerprint density at radius 2 is 1.95 bits per heavy atom. The van der Waals surface area contributed by atoms with Gasteiger partial charge in [-0.25, -0.2) is 4.79 Å². The second-order valence-corrected chi connectivity index (χ2v) is 5.18. The average Bonchev–Trinajstić information content (AvgIpc) is 2.43. The maximum Gasteiger partial charge on any atom is 0.328 e. The van der Waals surface area contributed by atoms with Gasteiger partial charge in [0, 0.05) is 11.6 Å². The minimum absolute atomic E-state index is 0.365. The van der Waals surface area contributed by atoms with Crippen molar-refractivity contribution in [3.63, 3.8) is 0 Å². The van der Waals surface area contributed by atoms with E-state index in [0.717, 1.165) is 11.6 Å². The van der Waals surface area contributed by atoms with Crippen LogP contribution in [0.2, 0.25) is 10.0 Å². The van der Waals surface area contributed by atoms with Gasteiger partial charge in [-0.05, 0) is 36.8 Å². The molecular formula is C16H12Cl2O3. The molecule has 0 bridgehead atoms. The SMILES string of the molecule is Cc1ccc(Cl)c(Oc2c(Cl)cccc2/C=C/C(=O)O)c1. The van der Waals surface area contributed by atoms with Gasteiger partial charge in [0.25, 0.3) is 0 Å². The van der Waals surface area contributed by atoms with Crippen molar-refractivity contribution in [1.29, 1.82) is 0 Å². The van der Waals surface area contributed by atoms with Crippen LogP contribution in [0, 0.1) is 6.92 Å². The lowest BCUT2D eigenvalue weighted by atomic mass is 10.2. The number of carbonyl (C=O) groups is 1. The Bertz CT molecular complexity index is 709. The van der Waals surface area contributed by atoms with Crippen LogP contribution in [0.4, 0.5) is 0 Å². The van der Waals surface area contributed by atoms with Crippen molar-refractivity contribution in [2.75, 3.05) is 0 Å². The maximum absolute atomic E-state index is 10.6. The lowest BCUT2D eigenvalue weighted by Gasteiger charge is -2.12. The zero-order valence-electron chi connectivity index (χ0n) is 11.1. The highest BCUT2D eigenvalue weighted by Gasteiger charge is 2.10. The number of halogens is 2. The number of hydrogen-bond acceptors (Lipinski definition) is 2. The van der Waals surface area contributed by atoms with Gasteiger partial charge in [-0.2, -0.15) is 0 Å². The lowest BCUT2D eigenvalue weighted by molar-refractivity contribution is -0.131. The Morgan fingerprint density at radius 1 is 1.19 bits per heavy atom. The number of aryl methyl sites for hydroxylation is 1. The molecule has 0 aliphatic carbocycles. The Morgan fingerprint density at radius 3 is 2.67 bits per heavy atom. The summed E-state index contributed by atoms with van der Waals surface area (Å²) in [5, 5.41) is 9.55. The number of para-hydroxylation sites is 1. The summed E-state index contributed by atoms with van der Waals surface area (Å²) in [6.45, 7) is 1.92. The van der Waals surface area contributed by atoms with Crippen LogP contribution in [0.25, 0.3) is 6.08 Å². The minimum atomic E-state index is -1.05. The summed E-state index contributed by atoms with van der Waals surface area (Å²) in [4.78, 5) is 10.6. The first-order valence-electron chi connectivity index (χ1n) is 6.11. The van der Waals surface area contributed by atoms with Crippen LogP contribution in [0.5, 0.6) is 11.5 Å². The van der Waals surface area contributed by atoms with E-state index in [1.54, 1.807) is 30.3 Å². The third kappa shape index (κ3) is 4.00. The van der Waals surface area contributed by atoms with Crippen molar-refractivity contribution in [3.05, 3.63) is 63.6 Å². The average molecular weight is 323 g/mol. The van der Waals surface area contributed by atoms with Crippen LogP contribution in [0.1, 0.15) is 11.1 Å². The fourth-order valence-corrected chi connectivity index (χ4v) is 2.10. The van der Waals surface area contributed by atoms with Crippen molar-refractivity contribution in [2.24, 2.45) is 0 Å². The largest absolute Gasteiger partial charge is 0.478 e. The van der Waals surface area contributed by atoms with Crippen LogP contribution in [0.3, 0.4) is 0 Å². The van der Waals surface area contributed by atoms with Gasteiger partial charge < -0.3 is 9.84 Å². The molecule has 0 spiro atoms. The predicted octanol–water partition coefficient (Wildman–Crippen LogP) is 5.19. The number of ether oxygens (including phenoxy) is 1. The molecule has 21 heavy (non-hydrogen) atoms. The monoisotopic (exact) mass is 322 g/mol. The second-order valence-electron chi connectivity index (χ2n) is 4.37. The van der Waals surface area contributed by atoms with Gasteiger partial charge in [-0.15, -0.1) is 0 Å². The molecule has 0 aromatic heterocycles. The summed E-state index contributed by atoms with van der Waals surface area (Å²) in [6, 6.07) is 10.5. The number of carboxylic acids is 1. The van der Waals surface area contributed by atoms with E-state index in [9.17, 15) is 4.79 Å². The molecule has 0 saturated heterocycles. The van der Waals surface area contributed by atoms with Crippen LogP contribution < -0.4 is 4.74 Å². The molecule has 2 aromatic rings. The molecule has 0 unspecified atom stereocenters. The Hall–Kier alpha value is -1.97. The Labute approximate surface area is 132 Å². The molecule has 2 rings (SSSR count). The molecular weight excluding hydrogens is 311 g/mol. The molecule has 0 heterocycles. The van der Waals surface area contributed by atoms with E-state index in [-0.39, 0.29) is 0 Å². The summed E-state index contributed by atoms with van der Waals surface area (Å²) in [5.74, 6) is -0.214. The number of carboxylic acid groups (broad SMARTS) is 1. The maximum atomic E-state index is 10.6. The van der Waals surface area contributed by atoms with Gasteiger partial charge in [0.1, 0.15) is 5.75 Å². The zero-order chi connectivity index (χ0) is 15.4. The molecule has 0 saturated carbocycles. The van der Waals surface area contributed by atoms with Crippen molar-refractivity contribution in [1.82, 2.24) is 0 Å². The highest BCUT2D eigenvalue weighted by molar-refractivity contribution is 6.33. The van der Waals surface area contributed by atoms with Gasteiger partial charge in [0.05, 0.1) is 10.0 Å². The second kappa shape index (κ2) is 6.66. The Kier molecular flexibility index (Phi) is 4.89. The quantitative estimate of drug-likeness (QED) is 0.787. The summed E-state index contributed by atoms with van der Waals surface area (Å²) < 4.78 is 5.78. The summed E-state index contributed by atoms with van der Waals surface area (Å²) in [7, 11) is 0. The molecule has 0 amide bonds. The van der Waals surface area contributed by atoms with Crippen molar-refractivity contribution >= 4 is 35.2 Å². The normalized spacial score (nSPS) is 10.8. The molecule has 0 fully saturated rings. The molecule has 0 aliphatic rings. The molecule has 3 nitrogen and oxygen atoms in total. The summed E-state index contributed by atoms with van der Waals surface area (Å²) >= 11 is 12.2.